The first-order chi connectivity index (χ1) is 9.19. The van der Waals surface area contributed by atoms with Crippen LogP contribution < -0.4 is 0 Å². The highest BCUT2D eigenvalue weighted by atomic mass is 32.2. The Labute approximate surface area is 119 Å². The summed E-state index contributed by atoms with van der Waals surface area (Å²) < 4.78 is 31.7. The van der Waals surface area contributed by atoms with Gasteiger partial charge in [-0.05, 0) is 43.2 Å². The molecule has 0 aliphatic carbocycles. The molecule has 0 aromatic heterocycles. The van der Waals surface area contributed by atoms with Crippen LogP contribution >= 0.6 is 11.8 Å². The van der Waals surface area contributed by atoms with Gasteiger partial charge in [-0.2, -0.15) is 11.8 Å². The second-order valence-electron chi connectivity index (χ2n) is 5.20. The van der Waals surface area contributed by atoms with Gasteiger partial charge in [0.1, 0.15) is 5.82 Å². The molecule has 19 heavy (non-hydrogen) atoms. The van der Waals surface area contributed by atoms with Crippen LogP contribution in [-0.2, 0) is 15.5 Å². The van der Waals surface area contributed by atoms with E-state index in [9.17, 15) is 8.60 Å². The first kappa shape index (κ1) is 13.6. The normalized spacial score (nSPS) is 32.6. The van der Waals surface area contributed by atoms with Gasteiger partial charge in [0.05, 0.1) is 16.4 Å². The van der Waals surface area contributed by atoms with Gasteiger partial charge in [0.15, 0.2) is 0 Å². The molecule has 2 saturated heterocycles. The summed E-state index contributed by atoms with van der Waals surface area (Å²) in [7, 11) is -1.13. The van der Waals surface area contributed by atoms with E-state index in [1.54, 1.807) is 12.1 Å². The third-order valence-corrected chi connectivity index (χ3v) is 6.80. The van der Waals surface area contributed by atoms with E-state index in [4.69, 9.17) is 4.74 Å². The molecule has 104 valence electrons. The summed E-state index contributed by atoms with van der Waals surface area (Å²) in [5, 5.41) is 0.0919. The molecule has 0 bridgehead atoms. The fourth-order valence-corrected chi connectivity index (χ4v) is 5.78. The molecule has 3 unspecified atom stereocenters. The van der Waals surface area contributed by atoms with Crippen molar-refractivity contribution in [3.63, 3.8) is 0 Å². The summed E-state index contributed by atoms with van der Waals surface area (Å²) in [5.74, 6) is 1.81. The minimum atomic E-state index is -1.13. The zero-order valence-corrected chi connectivity index (χ0v) is 12.3. The van der Waals surface area contributed by atoms with Gasteiger partial charge in [-0.3, -0.25) is 4.21 Å². The Bertz CT molecular complexity index is 486. The SMILES string of the molecule is O=S(c1cccc(F)c1)C1CCOC2(CCSC2)C1. The number of thioether (sulfide) groups is 1. The maximum absolute atomic E-state index is 13.2. The second-order valence-corrected chi connectivity index (χ2v) is 8.04. The number of hydrogen-bond donors (Lipinski definition) is 0. The van der Waals surface area contributed by atoms with E-state index in [1.807, 2.05) is 11.8 Å². The summed E-state index contributed by atoms with van der Waals surface area (Å²) in [4.78, 5) is 0.604. The van der Waals surface area contributed by atoms with Crippen molar-refractivity contribution in [3.8, 4) is 0 Å². The van der Waals surface area contributed by atoms with Crippen LogP contribution in [0.5, 0.6) is 0 Å². The van der Waals surface area contributed by atoms with Crippen molar-refractivity contribution in [1.82, 2.24) is 0 Å². The highest BCUT2D eigenvalue weighted by Gasteiger charge is 2.42. The maximum atomic E-state index is 13.2. The minimum Gasteiger partial charge on any atom is -0.374 e. The standard InChI is InChI=1S/C14H17FO2S2/c15-11-2-1-3-12(8-11)19(16)13-4-6-17-14(9-13)5-7-18-10-14/h1-3,8,13H,4-7,9-10H2. The summed E-state index contributed by atoms with van der Waals surface area (Å²) in [6.45, 7) is 0.673. The van der Waals surface area contributed by atoms with E-state index in [0.717, 1.165) is 30.8 Å². The molecule has 2 fully saturated rings. The molecule has 1 aromatic rings. The molecule has 0 N–H and O–H groups in total. The first-order valence-corrected chi connectivity index (χ1v) is 8.93. The number of benzene rings is 1. The lowest BCUT2D eigenvalue weighted by Crippen LogP contribution is -2.43. The molecule has 0 radical (unpaired) electrons. The van der Waals surface area contributed by atoms with Gasteiger partial charge < -0.3 is 4.74 Å². The lowest BCUT2D eigenvalue weighted by Gasteiger charge is -2.37. The summed E-state index contributed by atoms with van der Waals surface area (Å²) >= 11 is 1.91. The molecule has 0 amide bonds. The van der Waals surface area contributed by atoms with Gasteiger partial charge >= 0.3 is 0 Å². The summed E-state index contributed by atoms with van der Waals surface area (Å²) in [5.41, 5.74) is -0.0728. The molecule has 3 atom stereocenters. The van der Waals surface area contributed by atoms with Gasteiger partial charge in [0.2, 0.25) is 0 Å². The molecule has 2 aliphatic rings. The van der Waals surface area contributed by atoms with Crippen LogP contribution in [0.25, 0.3) is 0 Å². The Balaban J connectivity index is 1.76. The topological polar surface area (TPSA) is 26.3 Å². The van der Waals surface area contributed by atoms with E-state index < -0.39 is 10.8 Å². The van der Waals surface area contributed by atoms with Crippen molar-refractivity contribution in [1.29, 1.82) is 0 Å². The quantitative estimate of drug-likeness (QED) is 0.840. The Kier molecular flexibility index (Phi) is 3.96. The molecule has 1 aromatic carbocycles. The molecular weight excluding hydrogens is 283 g/mol. The van der Waals surface area contributed by atoms with Crippen molar-refractivity contribution in [2.24, 2.45) is 0 Å². The van der Waals surface area contributed by atoms with Gasteiger partial charge in [-0.25, -0.2) is 4.39 Å². The number of ether oxygens (including phenoxy) is 1. The lowest BCUT2D eigenvalue weighted by molar-refractivity contribution is -0.0567. The molecule has 2 nitrogen and oxygen atoms in total. The number of halogens is 1. The summed E-state index contributed by atoms with van der Waals surface area (Å²) in [6.07, 6.45) is 2.69. The Morgan fingerprint density at radius 3 is 3.11 bits per heavy atom. The molecule has 3 rings (SSSR count). The van der Waals surface area contributed by atoms with Crippen LogP contribution in [0.3, 0.4) is 0 Å². The van der Waals surface area contributed by atoms with Crippen LogP contribution in [-0.4, -0.2) is 33.2 Å². The van der Waals surface area contributed by atoms with Crippen molar-refractivity contribution in [2.75, 3.05) is 18.1 Å². The van der Waals surface area contributed by atoms with Gasteiger partial charge in [-0.1, -0.05) is 6.07 Å². The van der Waals surface area contributed by atoms with Crippen LogP contribution in [0.2, 0.25) is 0 Å². The average Bonchev–Trinajstić information content (AvgIpc) is 2.86. The number of hydrogen-bond acceptors (Lipinski definition) is 3. The zero-order chi connectivity index (χ0) is 13.3. The highest BCUT2D eigenvalue weighted by Crippen LogP contribution is 2.40. The molecular formula is C14H17FO2S2. The fraction of sp³-hybridized carbons (Fsp3) is 0.571. The second kappa shape index (κ2) is 5.54. The summed E-state index contributed by atoms with van der Waals surface area (Å²) in [6, 6.07) is 6.16. The van der Waals surface area contributed by atoms with E-state index in [2.05, 4.69) is 0 Å². The van der Waals surface area contributed by atoms with Gasteiger partial charge in [0, 0.05) is 22.5 Å². The average molecular weight is 300 g/mol. The monoisotopic (exact) mass is 300 g/mol. The predicted molar refractivity (Wildman–Crippen MR) is 76.5 cm³/mol. The molecule has 1 spiro atoms. The van der Waals surface area contributed by atoms with Crippen LogP contribution in [0.4, 0.5) is 4.39 Å². The van der Waals surface area contributed by atoms with Crippen LogP contribution in [0.1, 0.15) is 19.3 Å². The van der Waals surface area contributed by atoms with Crippen LogP contribution in [0, 0.1) is 5.82 Å². The van der Waals surface area contributed by atoms with E-state index >= 15 is 0 Å². The molecule has 2 heterocycles. The Morgan fingerprint density at radius 1 is 1.47 bits per heavy atom. The van der Waals surface area contributed by atoms with E-state index in [0.29, 0.717) is 11.5 Å². The van der Waals surface area contributed by atoms with E-state index in [-0.39, 0.29) is 16.7 Å². The van der Waals surface area contributed by atoms with Gasteiger partial charge in [0.25, 0.3) is 0 Å². The Hall–Kier alpha value is -0.390. The zero-order valence-electron chi connectivity index (χ0n) is 10.6. The third-order valence-electron chi connectivity index (χ3n) is 3.85. The first-order valence-electron chi connectivity index (χ1n) is 6.56. The fourth-order valence-electron chi connectivity index (χ4n) is 2.81. The van der Waals surface area contributed by atoms with Crippen molar-refractivity contribution in [2.45, 2.75) is 35.0 Å². The van der Waals surface area contributed by atoms with Crippen LogP contribution in [0.15, 0.2) is 29.2 Å². The smallest absolute Gasteiger partial charge is 0.124 e. The van der Waals surface area contributed by atoms with Crippen molar-refractivity contribution < 1.29 is 13.3 Å². The molecule has 5 heteroatoms. The largest absolute Gasteiger partial charge is 0.374 e. The van der Waals surface area contributed by atoms with Gasteiger partial charge in [-0.15, -0.1) is 0 Å². The molecule has 2 aliphatic heterocycles. The minimum absolute atomic E-state index is 0.0728. The molecule has 0 saturated carbocycles. The maximum Gasteiger partial charge on any atom is 0.124 e. The highest BCUT2D eigenvalue weighted by molar-refractivity contribution is 7.99. The number of rotatable bonds is 2. The lowest BCUT2D eigenvalue weighted by atomic mass is 9.93. The Morgan fingerprint density at radius 2 is 2.37 bits per heavy atom. The third kappa shape index (κ3) is 2.88. The van der Waals surface area contributed by atoms with Crippen molar-refractivity contribution >= 4 is 22.6 Å². The predicted octanol–water partition coefficient (Wildman–Crippen LogP) is 2.99. The van der Waals surface area contributed by atoms with E-state index in [1.165, 1.54) is 12.1 Å². The van der Waals surface area contributed by atoms with Crippen molar-refractivity contribution in [3.05, 3.63) is 30.1 Å².